The minimum Gasteiger partial charge on any atom is -0.491 e. The average molecular weight is 454 g/mol. The third-order valence-electron chi connectivity index (χ3n) is 6.79. The maximum absolute atomic E-state index is 15.0. The molecule has 3 N–H and O–H groups in total. The van der Waals surface area contributed by atoms with Gasteiger partial charge in [0.15, 0.2) is 0 Å². The van der Waals surface area contributed by atoms with E-state index in [1.165, 1.54) is 24.2 Å². The highest BCUT2D eigenvalue weighted by atomic mass is 32.1. The van der Waals surface area contributed by atoms with Crippen LogP contribution in [0.2, 0.25) is 0 Å². The second-order valence-corrected chi connectivity index (χ2v) is 10.2. The highest BCUT2D eigenvalue weighted by molar-refractivity contribution is 7.21. The first kappa shape index (κ1) is 19.7. The fourth-order valence-electron chi connectivity index (χ4n) is 5.17. The lowest BCUT2D eigenvalue weighted by molar-refractivity contribution is 0.0919. The molecule has 1 saturated carbocycles. The summed E-state index contributed by atoms with van der Waals surface area (Å²) in [5.74, 6) is 1.47. The van der Waals surface area contributed by atoms with Gasteiger partial charge in [-0.05, 0) is 37.7 Å². The summed E-state index contributed by atoms with van der Waals surface area (Å²) >= 11 is 1.21. The first-order valence-corrected chi connectivity index (χ1v) is 11.8. The number of anilines is 2. The molecule has 4 aliphatic rings. The lowest BCUT2D eigenvalue weighted by atomic mass is 9.71. The highest BCUT2D eigenvalue weighted by Gasteiger charge is 2.37. The molecule has 0 unspecified atom stereocenters. The topological polar surface area (TPSA) is 93.4 Å². The maximum atomic E-state index is 15.0. The Morgan fingerprint density at radius 3 is 2.88 bits per heavy atom. The van der Waals surface area contributed by atoms with E-state index in [0.29, 0.717) is 38.6 Å². The van der Waals surface area contributed by atoms with Crippen LogP contribution in [0.4, 0.5) is 15.8 Å². The largest absolute Gasteiger partial charge is 0.491 e. The molecule has 3 fully saturated rings. The third-order valence-corrected chi connectivity index (χ3v) is 7.87. The maximum Gasteiger partial charge on any atom is 0.263 e. The minimum absolute atomic E-state index is 0.277. The molecular formula is C23H24FN5O2S. The monoisotopic (exact) mass is 453 g/mol. The van der Waals surface area contributed by atoms with Crippen molar-refractivity contribution in [1.29, 1.82) is 0 Å². The number of nitrogens with two attached hydrogens (primary N) is 1. The zero-order valence-corrected chi connectivity index (χ0v) is 18.5. The first-order chi connectivity index (χ1) is 15.4. The van der Waals surface area contributed by atoms with E-state index in [4.69, 9.17) is 10.5 Å². The lowest BCUT2D eigenvalue weighted by Crippen LogP contribution is -2.48. The van der Waals surface area contributed by atoms with Gasteiger partial charge in [-0.25, -0.2) is 14.4 Å². The molecule has 32 heavy (non-hydrogen) atoms. The van der Waals surface area contributed by atoms with Crippen molar-refractivity contribution >= 4 is 39.0 Å². The molecule has 7 rings (SSSR count). The van der Waals surface area contributed by atoms with Crippen LogP contribution in [0.1, 0.15) is 33.8 Å². The third kappa shape index (κ3) is 3.26. The summed E-state index contributed by atoms with van der Waals surface area (Å²) in [5.41, 5.74) is 9.17. The van der Waals surface area contributed by atoms with Crippen molar-refractivity contribution in [2.45, 2.75) is 32.2 Å². The summed E-state index contributed by atoms with van der Waals surface area (Å²) < 4.78 is 20.9. The fraction of sp³-hybridized carbons (Fsp3) is 0.435. The van der Waals surface area contributed by atoms with E-state index in [-0.39, 0.29) is 24.4 Å². The summed E-state index contributed by atoms with van der Waals surface area (Å²) in [4.78, 5) is 24.9. The summed E-state index contributed by atoms with van der Waals surface area (Å²) in [6, 6.07) is 3.22. The van der Waals surface area contributed by atoms with Crippen molar-refractivity contribution in [1.82, 2.24) is 15.3 Å². The number of rotatable bonds is 3. The molecule has 2 aromatic heterocycles. The first-order valence-electron chi connectivity index (χ1n) is 11.0. The molecule has 0 radical (unpaired) electrons. The van der Waals surface area contributed by atoms with Gasteiger partial charge in [0, 0.05) is 43.0 Å². The number of hydrogen-bond acceptors (Lipinski definition) is 7. The Bertz CT molecular complexity index is 1230. The minimum atomic E-state index is -0.342. The Morgan fingerprint density at radius 1 is 1.31 bits per heavy atom. The summed E-state index contributed by atoms with van der Waals surface area (Å²) in [7, 11) is 0. The summed E-state index contributed by atoms with van der Waals surface area (Å²) in [6.07, 6.45) is 4.61. The average Bonchev–Trinajstić information content (AvgIpc) is 3.09. The van der Waals surface area contributed by atoms with Gasteiger partial charge < -0.3 is 20.7 Å². The molecule has 7 nitrogen and oxygen atoms in total. The zero-order chi connectivity index (χ0) is 22.0. The molecule has 0 spiro atoms. The normalized spacial score (nSPS) is 23.9. The number of carbonyl (C=O) groups is 1. The summed E-state index contributed by atoms with van der Waals surface area (Å²) in [5, 5.41) is 2.94. The second-order valence-electron chi connectivity index (χ2n) is 9.21. The molecule has 2 saturated heterocycles. The number of ether oxygens (including phenoxy) is 1. The number of nitrogens with one attached hydrogen (secondary N) is 1. The molecule has 1 amide bonds. The molecule has 1 aliphatic carbocycles. The van der Waals surface area contributed by atoms with E-state index in [0.717, 1.165) is 36.3 Å². The number of carbonyl (C=O) groups excluding carboxylic acids is 1. The second kappa shape index (κ2) is 7.30. The van der Waals surface area contributed by atoms with E-state index in [1.807, 2.05) is 13.0 Å². The number of piperidine rings is 2. The number of benzene rings is 1. The summed E-state index contributed by atoms with van der Waals surface area (Å²) in [6.45, 7) is 4.11. The smallest absolute Gasteiger partial charge is 0.263 e. The number of amides is 1. The van der Waals surface area contributed by atoms with Gasteiger partial charge in [-0.1, -0.05) is 0 Å². The quantitative estimate of drug-likeness (QED) is 0.632. The van der Waals surface area contributed by atoms with Crippen LogP contribution >= 0.6 is 11.3 Å². The van der Waals surface area contributed by atoms with Crippen LogP contribution < -0.4 is 20.7 Å². The Hall–Kier alpha value is -2.94. The highest BCUT2D eigenvalue weighted by Crippen LogP contribution is 2.42. The van der Waals surface area contributed by atoms with Crippen LogP contribution in [0.3, 0.4) is 0 Å². The number of nitrogen functional groups attached to an aromatic ring is 1. The zero-order valence-electron chi connectivity index (χ0n) is 17.7. The van der Waals surface area contributed by atoms with Crippen LogP contribution in [0.5, 0.6) is 5.75 Å². The van der Waals surface area contributed by atoms with Gasteiger partial charge in [0.05, 0.1) is 17.4 Å². The number of aromatic nitrogens is 2. The van der Waals surface area contributed by atoms with Gasteiger partial charge in [-0.2, -0.15) is 0 Å². The van der Waals surface area contributed by atoms with E-state index in [9.17, 15) is 4.79 Å². The van der Waals surface area contributed by atoms with Gasteiger partial charge in [0.2, 0.25) is 0 Å². The molecule has 5 heterocycles. The molecule has 166 valence electrons. The molecular weight excluding hydrogens is 429 g/mol. The Morgan fingerprint density at radius 2 is 2.09 bits per heavy atom. The van der Waals surface area contributed by atoms with Crippen LogP contribution in [0.25, 0.3) is 10.3 Å². The number of hydrogen-bond donors (Lipinski definition) is 2. The predicted molar refractivity (Wildman–Crippen MR) is 122 cm³/mol. The number of fused-ring (bicyclic) bond motifs is 4. The van der Waals surface area contributed by atoms with Crippen molar-refractivity contribution in [2.75, 3.05) is 30.3 Å². The lowest BCUT2D eigenvalue weighted by Gasteiger charge is -2.48. The van der Waals surface area contributed by atoms with Crippen molar-refractivity contribution in [2.24, 2.45) is 11.8 Å². The standard InChI is InChI=1S/C23H24FN5O2S/c1-11-7-26-20-19(25)21(32-23(20)27-11)22(30)28-14-4-16-17(24)5-15(6-18(16)31-10-14)29-8-12-2-13(3-12)9-29/h5-7,12-14H,2-4,8-10,25H2,1H3,(H,28,30)/t12?,13?,14-/m1/s1. The number of aryl methyl sites for hydroxylation is 1. The van der Waals surface area contributed by atoms with E-state index in [1.54, 1.807) is 12.3 Å². The molecule has 3 aliphatic heterocycles. The van der Waals surface area contributed by atoms with Gasteiger partial charge >= 0.3 is 0 Å². The van der Waals surface area contributed by atoms with Gasteiger partial charge in [-0.15, -0.1) is 11.3 Å². The predicted octanol–water partition coefficient (Wildman–Crippen LogP) is 3.30. The Balaban J connectivity index is 1.19. The van der Waals surface area contributed by atoms with E-state index < -0.39 is 0 Å². The number of thiophene rings is 1. The van der Waals surface area contributed by atoms with E-state index in [2.05, 4.69) is 20.2 Å². The number of nitrogens with zero attached hydrogens (tertiary/aromatic N) is 3. The molecule has 1 aromatic carbocycles. The van der Waals surface area contributed by atoms with Crippen LogP contribution in [-0.2, 0) is 6.42 Å². The van der Waals surface area contributed by atoms with Crippen molar-refractivity contribution in [3.05, 3.63) is 40.3 Å². The van der Waals surface area contributed by atoms with Crippen LogP contribution in [0, 0.1) is 24.6 Å². The Kier molecular flexibility index (Phi) is 4.50. The molecule has 2 bridgehead atoms. The van der Waals surface area contributed by atoms with Crippen LogP contribution in [0.15, 0.2) is 18.3 Å². The van der Waals surface area contributed by atoms with Crippen LogP contribution in [-0.4, -0.2) is 41.6 Å². The van der Waals surface area contributed by atoms with Gasteiger partial charge in [-0.3, -0.25) is 4.79 Å². The van der Waals surface area contributed by atoms with E-state index >= 15 is 4.39 Å². The molecule has 3 aromatic rings. The Labute approximate surface area is 188 Å². The van der Waals surface area contributed by atoms with Gasteiger partial charge in [0.25, 0.3) is 5.91 Å². The molecule has 1 atom stereocenters. The number of halogens is 1. The molecule has 9 heteroatoms. The van der Waals surface area contributed by atoms with Crippen molar-refractivity contribution in [3.8, 4) is 5.75 Å². The van der Waals surface area contributed by atoms with Crippen molar-refractivity contribution < 1.29 is 13.9 Å². The van der Waals surface area contributed by atoms with Crippen molar-refractivity contribution in [3.63, 3.8) is 0 Å². The SMILES string of the molecule is Cc1cnc2c(N)c(C(=O)N[C@H]3COc4cc(N5CC6CC(C6)C5)cc(F)c4C3)sc2n1. The fourth-order valence-corrected chi connectivity index (χ4v) is 6.17. The van der Waals surface area contributed by atoms with Gasteiger partial charge in [0.1, 0.15) is 33.4 Å².